The molecule has 0 unspecified atom stereocenters. The van der Waals surface area contributed by atoms with Crippen molar-refractivity contribution in [1.82, 2.24) is 9.78 Å². The van der Waals surface area contributed by atoms with Crippen LogP contribution in [0.5, 0.6) is 5.75 Å². The number of para-hydroxylation sites is 1. The molecule has 4 rings (SSSR count). The zero-order chi connectivity index (χ0) is 17.9. The van der Waals surface area contributed by atoms with Crippen LogP contribution < -0.4 is 4.74 Å². The van der Waals surface area contributed by atoms with Crippen LogP contribution in [0.1, 0.15) is 11.1 Å². The molecular formula is C20H15N3O3. The average molecular weight is 345 g/mol. The number of hydrogen-bond donors (Lipinski definition) is 0. The number of hydrogen-bond acceptors (Lipinski definition) is 5. The van der Waals surface area contributed by atoms with E-state index < -0.39 is 5.97 Å². The van der Waals surface area contributed by atoms with Gasteiger partial charge < -0.3 is 9.47 Å². The lowest BCUT2D eigenvalue weighted by molar-refractivity contribution is -0.129. The van der Waals surface area contributed by atoms with Crippen molar-refractivity contribution in [3.05, 3.63) is 83.8 Å². The molecule has 1 aliphatic heterocycles. The second-order valence-electron chi connectivity index (χ2n) is 5.62. The van der Waals surface area contributed by atoms with E-state index in [4.69, 9.17) is 9.47 Å². The summed E-state index contributed by atoms with van der Waals surface area (Å²) >= 11 is 0. The van der Waals surface area contributed by atoms with Crippen molar-refractivity contribution in [3.63, 3.8) is 0 Å². The number of rotatable bonds is 4. The largest absolute Gasteiger partial charge is 0.497 e. The van der Waals surface area contributed by atoms with Crippen LogP contribution in [0.25, 0.3) is 11.8 Å². The first-order chi connectivity index (χ1) is 12.7. The molecule has 0 radical (unpaired) electrons. The molecular weight excluding hydrogens is 330 g/mol. The summed E-state index contributed by atoms with van der Waals surface area (Å²) in [6.45, 7) is 0. The van der Waals surface area contributed by atoms with Gasteiger partial charge in [0.05, 0.1) is 19.0 Å². The van der Waals surface area contributed by atoms with Crippen molar-refractivity contribution in [3.8, 4) is 11.4 Å². The monoisotopic (exact) mass is 345 g/mol. The molecule has 0 atom stereocenters. The molecule has 128 valence electrons. The van der Waals surface area contributed by atoms with Gasteiger partial charge in [0.15, 0.2) is 5.70 Å². The smallest absolute Gasteiger partial charge is 0.363 e. The molecule has 6 nitrogen and oxygen atoms in total. The molecule has 0 fully saturated rings. The van der Waals surface area contributed by atoms with Crippen molar-refractivity contribution >= 4 is 17.9 Å². The number of cyclic esters (lactones) is 1. The van der Waals surface area contributed by atoms with E-state index in [0.717, 1.165) is 11.3 Å². The Hall–Kier alpha value is -3.67. The highest BCUT2D eigenvalue weighted by atomic mass is 16.6. The van der Waals surface area contributed by atoms with Crippen molar-refractivity contribution in [1.29, 1.82) is 0 Å². The maximum atomic E-state index is 12.1. The number of carbonyl (C=O) groups excluding carboxylic acids is 1. The van der Waals surface area contributed by atoms with Crippen LogP contribution in [-0.4, -0.2) is 28.8 Å². The highest BCUT2D eigenvalue weighted by molar-refractivity contribution is 6.12. The molecule has 0 spiro atoms. The fourth-order valence-corrected chi connectivity index (χ4v) is 2.58. The lowest BCUT2D eigenvalue weighted by atomic mass is 10.2. The van der Waals surface area contributed by atoms with Crippen molar-refractivity contribution in [2.45, 2.75) is 0 Å². The zero-order valence-corrected chi connectivity index (χ0v) is 14.0. The van der Waals surface area contributed by atoms with E-state index in [-0.39, 0.29) is 11.6 Å². The Balaban J connectivity index is 1.62. The molecule has 26 heavy (non-hydrogen) atoms. The maximum Gasteiger partial charge on any atom is 0.363 e. The number of carbonyl (C=O) groups is 1. The van der Waals surface area contributed by atoms with Crippen molar-refractivity contribution in [2.75, 3.05) is 7.11 Å². The topological polar surface area (TPSA) is 65.7 Å². The molecule has 6 heteroatoms. The second-order valence-corrected chi connectivity index (χ2v) is 5.62. The van der Waals surface area contributed by atoms with E-state index in [0.29, 0.717) is 11.3 Å². The molecule has 0 saturated carbocycles. The Labute approximate surface area is 150 Å². The highest BCUT2D eigenvalue weighted by Crippen LogP contribution is 2.21. The van der Waals surface area contributed by atoms with Gasteiger partial charge in [-0.15, -0.1) is 0 Å². The Morgan fingerprint density at radius 3 is 2.77 bits per heavy atom. The Morgan fingerprint density at radius 2 is 1.96 bits per heavy atom. The number of benzene rings is 2. The van der Waals surface area contributed by atoms with Crippen LogP contribution in [-0.2, 0) is 9.53 Å². The third kappa shape index (κ3) is 3.12. The SMILES string of the molecule is COc1cccc(C2=N/C(=C\c3cnn(-c4ccccc4)c3)C(=O)O2)c1. The Kier molecular flexibility index (Phi) is 4.07. The quantitative estimate of drug-likeness (QED) is 0.538. The van der Waals surface area contributed by atoms with E-state index >= 15 is 0 Å². The van der Waals surface area contributed by atoms with Gasteiger partial charge in [0.2, 0.25) is 5.90 Å². The summed E-state index contributed by atoms with van der Waals surface area (Å²) in [7, 11) is 1.58. The minimum absolute atomic E-state index is 0.232. The van der Waals surface area contributed by atoms with Gasteiger partial charge in [0.25, 0.3) is 0 Å². The lowest BCUT2D eigenvalue weighted by Crippen LogP contribution is -2.05. The van der Waals surface area contributed by atoms with Crippen LogP contribution in [0.2, 0.25) is 0 Å². The molecule has 0 saturated heterocycles. The summed E-state index contributed by atoms with van der Waals surface area (Å²) in [6, 6.07) is 16.9. The molecule has 2 heterocycles. The zero-order valence-electron chi connectivity index (χ0n) is 14.0. The molecule has 0 N–H and O–H groups in total. The third-order valence-electron chi connectivity index (χ3n) is 3.86. The summed E-state index contributed by atoms with van der Waals surface area (Å²) in [5, 5.41) is 4.31. The number of ether oxygens (including phenoxy) is 2. The van der Waals surface area contributed by atoms with Crippen molar-refractivity contribution in [2.24, 2.45) is 4.99 Å². The fraction of sp³-hybridized carbons (Fsp3) is 0.0500. The van der Waals surface area contributed by atoms with Crippen LogP contribution >= 0.6 is 0 Å². The van der Waals surface area contributed by atoms with Crippen molar-refractivity contribution < 1.29 is 14.3 Å². The van der Waals surface area contributed by atoms with E-state index in [1.165, 1.54) is 0 Å². The minimum atomic E-state index is -0.490. The molecule has 2 aromatic carbocycles. The van der Waals surface area contributed by atoms with E-state index in [2.05, 4.69) is 10.1 Å². The normalized spacial score (nSPS) is 15.0. The summed E-state index contributed by atoms with van der Waals surface area (Å²) in [4.78, 5) is 16.4. The number of esters is 1. The molecule has 0 amide bonds. The minimum Gasteiger partial charge on any atom is -0.497 e. The molecule has 3 aromatic rings. The molecule has 0 aliphatic carbocycles. The summed E-state index contributed by atoms with van der Waals surface area (Å²) in [5.74, 6) is 0.439. The van der Waals surface area contributed by atoms with Crippen LogP contribution in [0.4, 0.5) is 0 Å². The number of methoxy groups -OCH3 is 1. The van der Waals surface area contributed by atoms with E-state index in [1.54, 1.807) is 30.1 Å². The second kappa shape index (κ2) is 6.68. The summed E-state index contributed by atoms with van der Waals surface area (Å²) in [5.41, 5.74) is 2.61. The first-order valence-corrected chi connectivity index (χ1v) is 8.00. The van der Waals surface area contributed by atoms with Gasteiger partial charge in [-0.2, -0.15) is 5.10 Å². The van der Waals surface area contributed by atoms with Gasteiger partial charge in [-0.1, -0.05) is 24.3 Å². The molecule has 1 aliphatic rings. The van der Waals surface area contributed by atoms with Crippen LogP contribution in [0.3, 0.4) is 0 Å². The predicted molar refractivity (Wildman–Crippen MR) is 97.2 cm³/mol. The fourth-order valence-electron chi connectivity index (χ4n) is 2.58. The van der Waals surface area contributed by atoms with Gasteiger partial charge >= 0.3 is 5.97 Å². The Morgan fingerprint density at radius 1 is 1.12 bits per heavy atom. The van der Waals surface area contributed by atoms with Gasteiger partial charge in [-0.3, -0.25) is 0 Å². The third-order valence-corrected chi connectivity index (χ3v) is 3.86. The highest BCUT2D eigenvalue weighted by Gasteiger charge is 2.24. The van der Waals surface area contributed by atoms with Crippen LogP contribution in [0, 0.1) is 0 Å². The predicted octanol–water partition coefficient (Wildman–Crippen LogP) is 3.23. The maximum absolute atomic E-state index is 12.1. The number of aliphatic imine (C=N–C) groups is 1. The first kappa shape index (κ1) is 15.8. The number of nitrogens with zero attached hydrogens (tertiary/aromatic N) is 3. The van der Waals surface area contributed by atoms with Gasteiger partial charge in [-0.05, 0) is 36.4 Å². The summed E-state index contributed by atoms with van der Waals surface area (Å²) < 4.78 is 12.2. The summed E-state index contributed by atoms with van der Waals surface area (Å²) in [6.07, 6.45) is 5.16. The molecule has 1 aromatic heterocycles. The standard InChI is InChI=1S/C20H15N3O3/c1-25-17-9-5-6-15(11-17)19-22-18(20(24)26-19)10-14-12-21-23(13-14)16-7-3-2-4-8-16/h2-13H,1H3/b18-10-. The number of aromatic nitrogens is 2. The van der Waals surface area contributed by atoms with E-state index in [9.17, 15) is 4.79 Å². The first-order valence-electron chi connectivity index (χ1n) is 8.00. The van der Waals surface area contributed by atoms with E-state index in [1.807, 2.05) is 54.7 Å². The average Bonchev–Trinajstić information content (AvgIpc) is 3.30. The van der Waals surface area contributed by atoms with Gasteiger partial charge in [0, 0.05) is 17.3 Å². The lowest BCUT2D eigenvalue weighted by Gasteiger charge is -2.02. The van der Waals surface area contributed by atoms with Gasteiger partial charge in [-0.25, -0.2) is 14.5 Å². The van der Waals surface area contributed by atoms with Gasteiger partial charge in [0.1, 0.15) is 5.75 Å². The van der Waals surface area contributed by atoms with Crippen LogP contribution in [0.15, 0.2) is 77.7 Å². The Bertz CT molecular complexity index is 1020. The molecule has 0 bridgehead atoms.